The lowest BCUT2D eigenvalue weighted by atomic mass is 10.1. The third-order valence-corrected chi connectivity index (χ3v) is 2.36. The molecule has 0 saturated carbocycles. The summed E-state index contributed by atoms with van der Waals surface area (Å²) in [7, 11) is 0. The highest BCUT2D eigenvalue weighted by molar-refractivity contribution is 5.68. The number of hydrogen-bond donors (Lipinski definition) is 0. The summed E-state index contributed by atoms with van der Waals surface area (Å²) in [5.74, 6) is 0. The molecule has 80 valence electrons. The normalized spacial score (nSPS) is 10.9. The van der Waals surface area contributed by atoms with E-state index in [0.29, 0.717) is 0 Å². The van der Waals surface area contributed by atoms with Gasteiger partial charge >= 0.3 is 0 Å². The standard InChI is InChI=1S/C15H15N/c1-12-10-13(2)16-15(11-12)9-8-14-6-4-3-5-7-14/h3-11H,1-2H3/b9-8+. The summed E-state index contributed by atoms with van der Waals surface area (Å²) >= 11 is 0. The molecule has 1 nitrogen and oxygen atoms in total. The molecule has 1 aromatic heterocycles. The molecule has 0 saturated heterocycles. The highest BCUT2D eigenvalue weighted by atomic mass is 14.7. The maximum absolute atomic E-state index is 4.46. The van der Waals surface area contributed by atoms with E-state index in [4.69, 9.17) is 0 Å². The lowest BCUT2D eigenvalue weighted by Crippen LogP contribution is -1.86. The van der Waals surface area contributed by atoms with Gasteiger partial charge in [0.1, 0.15) is 0 Å². The van der Waals surface area contributed by atoms with Crippen molar-refractivity contribution in [3.05, 3.63) is 65.0 Å². The van der Waals surface area contributed by atoms with Crippen LogP contribution in [0.4, 0.5) is 0 Å². The van der Waals surface area contributed by atoms with Crippen LogP contribution >= 0.6 is 0 Å². The van der Waals surface area contributed by atoms with Crippen LogP contribution in [-0.2, 0) is 0 Å². The van der Waals surface area contributed by atoms with Gasteiger partial charge in [0.2, 0.25) is 0 Å². The minimum atomic E-state index is 1.02. The van der Waals surface area contributed by atoms with Crippen LogP contribution in [0.15, 0.2) is 42.5 Å². The van der Waals surface area contributed by atoms with Crippen molar-refractivity contribution in [1.82, 2.24) is 4.98 Å². The topological polar surface area (TPSA) is 12.9 Å². The van der Waals surface area contributed by atoms with Crippen molar-refractivity contribution in [2.24, 2.45) is 0 Å². The Morgan fingerprint density at radius 3 is 2.38 bits per heavy atom. The van der Waals surface area contributed by atoms with Gasteiger partial charge in [-0.1, -0.05) is 36.4 Å². The molecule has 0 aliphatic rings. The first kappa shape index (κ1) is 10.6. The second-order valence-electron chi connectivity index (χ2n) is 3.95. The summed E-state index contributed by atoms with van der Waals surface area (Å²) in [6.45, 7) is 4.11. The van der Waals surface area contributed by atoms with Crippen LogP contribution in [0.5, 0.6) is 0 Å². The minimum Gasteiger partial charge on any atom is -0.254 e. The Balaban J connectivity index is 2.24. The summed E-state index contributed by atoms with van der Waals surface area (Å²) in [6.07, 6.45) is 4.14. The summed E-state index contributed by atoms with van der Waals surface area (Å²) in [5.41, 5.74) is 4.53. The second-order valence-corrected chi connectivity index (χ2v) is 3.95. The molecule has 0 radical (unpaired) electrons. The average molecular weight is 209 g/mol. The predicted octanol–water partition coefficient (Wildman–Crippen LogP) is 3.87. The van der Waals surface area contributed by atoms with Crippen molar-refractivity contribution in [2.75, 3.05) is 0 Å². The van der Waals surface area contributed by atoms with Gasteiger partial charge in [0.05, 0.1) is 5.69 Å². The smallest absolute Gasteiger partial charge is 0.0635 e. The zero-order chi connectivity index (χ0) is 11.4. The minimum absolute atomic E-state index is 1.02. The first-order chi connectivity index (χ1) is 7.74. The molecule has 0 unspecified atom stereocenters. The molecule has 2 aromatic rings. The number of aromatic nitrogens is 1. The van der Waals surface area contributed by atoms with E-state index in [2.05, 4.69) is 48.3 Å². The maximum Gasteiger partial charge on any atom is 0.0635 e. The van der Waals surface area contributed by atoms with Crippen LogP contribution in [0, 0.1) is 13.8 Å². The van der Waals surface area contributed by atoms with E-state index in [1.165, 1.54) is 11.1 Å². The SMILES string of the molecule is Cc1cc(C)nc(/C=C/c2ccccc2)c1. The van der Waals surface area contributed by atoms with Crippen LogP contribution in [0.1, 0.15) is 22.5 Å². The molecule has 0 amide bonds. The van der Waals surface area contributed by atoms with Gasteiger partial charge in [0.25, 0.3) is 0 Å². The third-order valence-electron chi connectivity index (χ3n) is 2.36. The summed E-state index contributed by atoms with van der Waals surface area (Å²) in [5, 5.41) is 0. The Hall–Kier alpha value is -1.89. The molecular formula is C15H15N. The molecule has 0 bridgehead atoms. The van der Waals surface area contributed by atoms with Crippen molar-refractivity contribution in [1.29, 1.82) is 0 Å². The van der Waals surface area contributed by atoms with Crippen molar-refractivity contribution >= 4 is 12.2 Å². The van der Waals surface area contributed by atoms with Crippen LogP contribution in [0.25, 0.3) is 12.2 Å². The maximum atomic E-state index is 4.46. The first-order valence-electron chi connectivity index (χ1n) is 5.42. The number of hydrogen-bond acceptors (Lipinski definition) is 1. The Kier molecular flexibility index (Phi) is 3.16. The number of nitrogens with zero attached hydrogens (tertiary/aromatic N) is 1. The number of pyridine rings is 1. The summed E-state index contributed by atoms with van der Waals surface area (Å²) in [6, 6.07) is 14.4. The number of rotatable bonds is 2. The zero-order valence-electron chi connectivity index (χ0n) is 9.64. The molecule has 0 aliphatic carbocycles. The molecule has 16 heavy (non-hydrogen) atoms. The quantitative estimate of drug-likeness (QED) is 0.731. The Morgan fingerprint density at radius 2 is 1.69 bits per heavy atom. The monoisotopic (exact) mass is 209 g/mol. The van der Waals surface area contributed by atoms with Crippen LogP contribution in [-0.4, -0.2) is 4.98 Å². The molecule has 2 rings (SSSR count). The van der Waals surface area contributed by atoms with Gasteiger partial charge in [-0.3, -0.25) is 4.98 Å². The van der Waals surface area contributed by atoms with Gasteiger partial charge in [-0.05, 0) is 43.2 Å². The first-order valence-corrected chi connectivity index (χ1v) is 5.42. The van der Waals surface area contributed by atoms with Crippen LogP contribution in [0.2, 0.25) is 0 Å². The van der Waals surface area contributed by atoms with Gasteiger partial charge in [-0.15, -0.1) is 0 Å². The third kappa shape index (κ3) is 2.80. The molecule has 0 atom stereocenters. The highest BCUT2D eigenvalue weighted by Crippen LogP contribution is 2.09. The van der Waals surface area contributed by atoms with Crippen molar-refractivity contribution in [3.63, 3.8) is 0 Å². The van der Waals surface area contributed by atoms with E-state index in [1.54, 1.807) is 0 Å². The highest BCUT2D eigenvalue weighted by Gasteiger charge is 1.93. The van der Waals surface area contributed by atoms with E-state index in [9.17, 15) is 0 Å². The fraction of sp³-hybridized carbons (Fsp3) is 0.133. The fourth-order valence-corrected chi connectivity index (χ4v) is 1.70. The largest absolute Gasteiger partial charge is 0.254 e. The zero-order valence-corrected chi connectivity index (χ0v) is 9.64. The Morgan fingerprint density at radius 1 is 0.938 bits per heavy atom. The van der Waals surface area contributed by atoms with Crippen LogP contribution < -0.4 is 0 Å². The average Bonchev–Trinajstić information content (AvgIpc) is 2.27. The summed E-state index contributed by atoms with van der Waals surface area (Å²) < 4.78 is 0. The van der Waals surface area contributed by atoms with E-state index in [1.807, 2.05) is 25.1 Å². The second kappa shape index (κ2) is 4.75. The lowest BCUT2D eigenvalue weighted by molar-refractivity contribution is 1.16. The van der Waals surface area contributed by atoms with Crippen molar-refractivity contribution in [2.45, 2.75) is 13.8 Å². The summed E-state index contributed by atoms with van der Waals surface area (Å²) in [4.78, 5) is 4.46. The predicted molar refractivity (Wildman–Crippen MR) is 69.1 cm³/mol. The molecule has 0 N–H and O–H groups in total. The molecular weight excluding hydrogens is 194 g/mol. The number of benzene rings is 1. The van der Waals surface area contributed by atoms with Gasteiger partial charge < -0.3 is 0 Å². The van der Waals surface area contributed by atoms with E-state index < -0.39 is 0 Å². The fourth-order valence-electron chi connectivity index (χ4n) is 1.70. The van der Waals surface area contributed by atoms with E-state index in [-0.39, 0.29) is 0 Å². The van der Waals surface area contributed by atoms with Gasteiger partial charge in [0, 0.05) is 5.69 Å². The Bertz CT molecular complexity index is 478. The number of aryl methyl sites for hydroxylation is 2. The molecule has 0 fully saturated rings. The Labute approximate surface area is 96.5 Å². The van der Waals surface area contributed by atoms with Crippen molar-refractivity contribution in [3.8, 4) is 0 Å². The molecule has 1 aromatic carbocycles. The van der Waals surface area contributed by atoms with Gasteiger partial charge in [0.15, 0.2) is 0 Å². The molecule has 1 heteroatoms. The molecule has 0 spiro atoms. The van der Waals surface area contributed by atoms with E-state index >= 15 is 0 Å². The van der Waals surface area contributed by atoms with Crippen LogP contribution in [0.3, 0.4) is 0 Å². The molecule has 0 aliphatic heterocycles. The van der Waals surface area contributed by atoms with Gasteiger partial charge in [-0.2, -0.15) is 0 Å². The van der Waals surface area contributed by atoms with Gasteiger partial charge in [-0.25, -0.2) is 0 Å². The van der Waals surface area contributed by atoms with Crippen molar-refractivity contribution < 1.29 is 0 Å². The molecule has 1 heterocycles. The van der Waals surface area contributed by atoms with E-state index in [0.717, 1.165) is 11.4 Å². The lowest BCUT2D eigenvalue weighted by Gasteiger charge is -1.99.